The van der Waals surface area contributed by atoms with Crippen LogP contribution in [-0.2, 0) is 9.53 Å². The molecule has 3 atom stereocenters. The van der Waals surface area contributed by atoms with E-state index in [9.17, 15) is 9.90 Å². The highest BCUT2D eigenvalue weighted by Crippen LogP contribution is 2.28. The maximum Gasteiger partial charge on any atom is 0.303 e. The molecule has 4 nitrogen and oxygen atoms in total. The summed E-state index contributed by atoms with van der Waals surface area (Å²) in [5, 5.41) is 18.4. The largest absolute Gasteiger partial charge is 0.481 e. The van der Waals surface area contributed by atoms with Gasteiger partial charge in [0.2, 0.25) is 0 Å². The predicted octanol–water partition coefficient (Wildman–Crippen LogP) is 4.07. The molecule has 0 spiro atoms. The van der Waals surface area contributed by atoms with Crippen molar-refractivity contribution in [3.8, 4) is 0 Å². The molecule has 1 saturated heterocycles. The number of carboxylic acids is 1. The Balaban J connectivity index is 1.92. The molecule has 0 saturated carbocycles. The second-order valence-corrected chi connectivity index (χ2v) is 6.29. The van der Waals surface area contributed by atoms with E-state index in [2.05, 4.69) is 6.92 Å². The van der Waals surface area contributed by atoms with Crippen LogP contribution in [0.15, 0.2) is 12.2 Å². The van der Waals surface area contributed by atoms with E-state index in [0.29, 0.717) is 6.10 Å². The molecule has 1 fully saturated rings. The zero-order valence-corrected chi connectivity index (χ0v) is 13.9. The molecule has 0 aromatic rings. The fourth-order valence-corrected chi connectivity index (χ4v) is 2.65. The fourth-order valence-electron chi connectivity index (χ4n) is 2.65. The predicted molar refractivity (Wildman–Crippen MR) is 87.9 cm³/mol. The molecule has 1 rings (SSSR count). The van der Waals surface area contributed by atoms with Crippen LogP contribution in [0.25, 0.3) is 0 Å². The van der Waals surface area contributed by atoms with Gasteiger partial charge in [0.15, 0.2) is 0 Å². The number of ether oxygens (including phenoxy) is 1. The van der Waals surface area contributed by atoms with E-state index in [1.807, 2.05) is 12.2 Å². The lowest BCUT2D eigenvalue weighted by molar-refractivity contribution is -0.137. The first kappa shape index (κ1) is 19.2. The van der Waals surface area contributed by atoms with E-state index < -0.39 is 5.97 Å². The molecule has 0 bridgehead atoms. The highest BCUT2D eigenvalue weighted by Gasteiger charge is 2.35. The van der Waals surface area contributed by atoms with Crippen LogP contribution in [0.4, 0.5) is 0 Å². The van der Waals surface area contributed by atoms with Crippen molar-refractivity contribution >= 4 is 5.97 Å². The van der Waals surface area contributed by atoms with Crippen molar-refractivity contribution < 1.29 is 19.7 Å². The molecule has 4 heteroatoms. The molecule has 2 N–H and O–H groups in total. The molecule has 128 valence electrons. The maximum absolute atomic E-state index is 10.4. The molecule has 0 aliphatic carbocycles. The molecule has 3 unspecified atom stereocenters. The Morgan fingerprint density at radius 1 is 1.14 bits per heavy atom. The zero-order valence-electron chi connectivity index (χ0n) is 13.9. The van der Waals surface area contributed by atoms with E-state index in [1.165, 1.54) is 19.3 Å². The van der Waals surface area contributed by atoms with E-state index in [1.54, 1.807) is 0 Å². The first-order chi connectivity index (χ1) is 10.6. The Kier molecular flexibility index (Phi) is 10.2. The lowest BCUT2D eigenvalue weighted by Crippen LogP contribution is -2.02. The van der Waals surface area contributed by atoms with Crippen LogP contribution in [0.1, 0.15) is 77.6 Å². The second kappa shape index (κ2) is 11.7. The number of aliphatic carboxylic acids is 1. The average Bonchev–Trinajstić information content (AvgIpc) is 3.22. The van der Waals surface area contributed by atoms with Gasteiger partial charge in [-0.3, -0.25) is 4.79 Å². The summed E-state index contributed by atoms with van der Waals surface area (Å²) in [6.07, 6.45) is 14.9. The number of unbranched alkanes of at least 4 members (excludes halogenated alkanes) is 6. The highest BCUT2D eigenvalue weighted by molar-refractivity contribution is 5.66. The van der Waals surface area contributed by atoms with Gasteiger partial charge in [-0.2, -0.15) is 0 Å². The van der Waals surface area contributed by atoms with Crippen molar-refractivity contribution in [1.29, 1.82) is 0 Å². The third-order valence-corrected chi connectivity index (χ3v) is 4.13. The second-order valence-electron chi connectivity index (χ2n) is 6.29. The van der Waals surface area contributed by atoms with Crippen LogP contribution in [-0.4, -0.2) is 34.5 Å². The average molecular weight is 312 g/mol. The molecule has 0 aromatic heterocycles. The molecule has 1 aliphatic rings. The van der Waals surface area contributed by atoms with Crippen molar-refractivity contribution in [2.75, 3.05) is 0 Å². The smallest absolute Gasteiger partial charge is 0.303 e. The van der Waals surface area contributed by atoms with Crippen molar-refractivity contribution in [3.05, 3.63) is 12.2 Å². The third-order valence-electron chi connectivity index (χ3n) is 4.13. The zero-order chi connectivity index (χ0) is 16.2. The van der Waals surface area contributed by atoms with Crippen molar-refractivity contribution in [3.63, 3.8) is 0 Å². The summed E-state index contributed by atoms with van der Waals surface area (Å²) in [5.74, 6) is -0.712. The summed E-state index contributed by atoms with van der Waals surface area (Å²) in [6, 6.07) is 0. The molecule has 0 radical (unpaired) electrons. The van der Waals surface area contributed by atoms with Gasteiger partial charge in [0.25, 0.3) is 0 Å². The van der Waals surface area contributed by atoms with Crippen molar-refractivity contribution in [2.45, 2.75) is 95.9 Å². The van der Waals surface area contributed by atoms with Gasteiger partial charge in [-0.05, 0) is 19.3 Å². The van der Waals surface area contributed by atoms with Crippen molar-refractivity contribution in [2.24, 2.45) is 0 Å². The van der Waals surface area contributed by atoms with Crippen LogP contribution < -0.4 is 0 Å². The Morgan fingerprint density at radius 3 is 2.59 bits per heavy atom. The monoisotopic (exact) mass is 312 g/mol. The molecule has 22 heavy (non-hydrogen) atoms. The topological polar surface area (TPSA) is 70.1 Å². The number of aliphatic hydroxyl groups excluding tert-OH is 1. The molecule has 1 aliphatic heterocycles. The summed E-state index contributed by atoms with van der Waals surface area (Å²) in [6.45, 7) is 2.20. The summed E-state index contributed by atoms with van der Waals surface area (Å²) < 4.78 is 5.56. The summed E-state index contributed by atoms with van der Waals surface area (Å²) in [4.78, 5) is 10.4. The molecular formula is C18H32O4. The number of carboxylic acid groups (broad SMARTS) is 1. The summed E-state index contributed by atoms with van der Waals surface area (Å²) in [5.41, 5.74) is 0. The molecular weight excluding hydrogens is 280 g/mol. The number of aliphatic hydroxyl groups is 1. The maximum atomic E-state index is 10.4. The molecule has 0 aromatic carbocycles. The Hall–Kier alpha value is -0.870. The lowest BCUT2D eigenvalue weighted by Gasteiger charge is -2.05. The Morgan fingerprint density at radius 2 is 1.86 bits per heavy atom. The van der Waals surface area contributed by atoms with Gasteiger partial charge in [-0.25, -0.2) is 0 Å². The van der Waals surface area contributed by atoms with Crippen LogP contribution >= 0.6 is 0 Å². The van der Waals surface area contributed by atoms with Gasteiger partial charge in [0.05, 0.1) is 12.2 Å². The van der Waals surface area contributed by atoms with Gasteiger partial charge in [0, 0.05) is 6.42 Å². The van der Waals surface area contributed by atoms with Crippen LogP contribution in [0.5, 0.6) is 0 Å². The number of hydrogen-bond acceptors (Lipinski definition) is 3. The van der Waals surface area contributed by atoms with Crippen LogP contribution in [0.3, 0.4) is 0 Å². The minimum absolute atomic E-state index is 0.225. The fraction of sp³-hybridized carbons (Fsp3) is 0.833. The summed E-state index contributed by atoms with van der Waals surface area (Å²) >= 11 is 0. The molecule has 0 amide bonds. The number of hydrogen-bond donors (Lipinski definition) is 2. The van der Waals surface area contributed by atoms with E-state index in [4.69, 9.17) is 9.84 Å². The normalized spacial score (nSPS) is 22.1. The van der Waals surface area contributed by atoms with E-state index >= 15 is 0 Å². The van der Waals surface area contributed by atoms with E-state index in [-0.39, 0.29) is 18.6 Å². The van der Waals surface area contributed by atoms with Gasteiger partial charge in [-0.15, -0.1) is 0 Å². The first-order valence-electron chi connectivity index (χ1n) is 8.87. The lowest BCUT2D eigenvalue weighted by atomic mass is 10.1. The minimum Gasteiger partial charge on any atom is -0.481 e. The van der Waals surface area contributed by atoms with Gasteiger partial charge in [0.1, 0.15) is 6.10 Å². The number of carbonyl (C=O) groups is 1. The first-order valence-corrected chi connectivity index (χ1v) is 8.87. The standard InChI is InChI=1S/C18H32O4/c1-2-3-7-11-16-17(22-16)14-13-15(19)10-8-5-4-6-9-12-18(20)21/h13-17,19H,2-12H2,1H3,(H,20,21). The number of epoxide rings is 1. The quantitative estimate of drug-likeness (QED) is 0.288. The third kappa shape index (κ3) is 9.96. The minimum atomic E-state index is -0.712. The van der Waals surface area contributed by atoms with Gasteiger partial charge >= 0.3 is 5.97 Å². The Bertz CT molecular complexity index is 327. The number of rotatable bonds is 14. The van der Waals surface area contributed by atoms with Gasteiger partial charge in [-0.1, -0.05) is 64.0 Å². The Labute approximate surface area is 134 Å². The van der Waals surface area contributed by atoms with Crippen molar-refractivity contribution in [1.82, 2.24) is 0 Å². The van der Waals surface area contributed by atoms with Crippen LogP contribution in [0.2, 0.25) is 0 Å². The SMILES string of the molecule is CCCCCC1OC1C=CC(O)CCCCCCCC(=O)O. The highest BCUT2D eigenvalue weighted by atomic mass is 16.6. The molecule has 1 heterocycles. The van der Waals surface area contributed by atoms with Crippen LogP contribution in [0, 0.1) is 0 Å². The summed E-state index contributed by atoms with van der Waals surface area (Å²) in [7, 11) is 0. The van der Waals surface area contributed by atoms with E-state index in [0.717, 1.165) is 44.9 Å². The van der Waals surface area contributed by atoms with Gasteiger partial charge < -0.3 is 14.9 Å².